The number of nitriles is 4. The third-order valence-electron chi connectivity index (χ3n) is 5.65. The Morgan fingerprint density at radius 3 is 1.17 bits per heavy atom. The fraction of sp³-hybridized carbons (Fsp3) is 0.267. The van der Waals surface area contributed by atoms with Crippen molar-refractivity contribution < 1.29 is 9.47 Å². The molecule has 3 rings (SSSR count). The van der Waals surface area contributed by atoms with Crippen LogP contribution in [0.3, 0.4) is 0 Å². The van der Waals surface area contributed by atoms with Gasteiger partial charge in [-0.15, -0.1) is 0 Å². The zero-order valence-corrected chi connectivity index (χ0v) is 21.2. The lowest BCUT2D eigenvalue weighted by molar-refractivity contribution is 0.428. The number of hydrogen-bond donors (Lipinski definition) is 0. The summed E-state index contributed by atoms with van der Waals surface area (Å²) in [5.41, 5.74) is 1.69. The van der Waals surface area contributed by atoms with Gasteiger partial charge in [-0.1, -0.05) is 53.7 Å². The highest BCUT2D eigenvalue weighted by Gasteiger charge is 2.28. The average Bonchev–Trinajstić information content (AvgIpc) is 2.82. The molecule has 0 heterocycles. The monoisotopic (exact) mass is 474 g/mol. The van der Waals surface area contributed by atoms with Crippen molar-refractivity contribution in [3.05, 3.63) is 81.9 Å². The SMILES string of the molecule is CC(C)(C)c1cc(Oc2cccc(C#N)c2C#N)c(C(C)(C)C)cc1Oc1cccc(C#N)c1C#N. The number of benzene rings is 3. The van der Waals surface area contributed by atoms with E-state index in [1.165, 1.54) is 0 Å². The van der Waals surface area contributed by atoms with E-state index in [0.29, 0.717) is 23.0 Å². The molecule has 0 aliphatic carbocycles. The second-order valence-electron chi connectivity index (χ2n) is 10.4. The first-order chi connectivity index (χ1) is 16.9. The lowest BCUT2D eigenvalue weighted by Crippen LogP contribution is -2.17. The Bertz CT molecular complexity index is 1380. The molecule has 0 unspecified atom stereocenters. The first kappa shape index (κ1) is 25.8. The number of hydrogen-bond acceptors (Lipinski definition) is 6. The third kappa shape index (κ3) is 5.15. The van der Waals surface area contributed by atoms with Crippen molar-refractivity contribution in [2.24, 2.45) is 0 Å². The van der Waals surface area contributed by atoms with Crippen LogP contribution >= 0.6 is 0 Å². The number of nitrogens with zero attached hydrogens (tertiary/aromatic N) is 4. The molecular formula is C30H26N4O2. The van der Waals surface area contributed by atoms with Gasteiger partial charge in [-0.05, 0) is 47.2 Å². The molecule has 6 nitrogen and oxygen atoms in total. The fourth-order valence-electron chi connectivity index (χ4n) is 3.79. The molecule has 0 N–H and O–H groups in total. The molecule has 0 saturated carbocycles. The maximum atomic E-state index is 9.67. The van der Waals surface area contributed by atoms with Gasteiger partial charge in [-0.3, -0.25) is 0 Å². The fourth-order valence-corrected chi connectivity index (χ4v) is 3.79. The van der Waals surface area contributed by atoms with Crippen LogP contribution in [0, 0.1) is 45.3 Å². The smallest absolute Gasteiger partial charge is 0.146 e. The summed E-state index contributed by atoms with van der Waals surface area (Å²) in [5, 5.41) is 38.2. The molecule has 0 aliphatic rings. The summed E-state index contributed by atoms with van der Waals surface area (Å²) >= 11 is 0. The minimum Gasteiger partial charge on any atom is -0.456 e. The Balaban J connectivity index is 2.26. The van der Waals surface area contributed by atoms with Crippen LogP contribution in [-0.2, 0) is 10.8 Å². The quantitative estimate of drug-likeness (QED) is 0.390. The Labute approximate surface area is 212 Å². The Morgan fingerprint density at radius 2 is 0.889 bits per heavy atom. The molecule has 36 heavy (non-hydrogen) atoms. The summed E-state index contributed by atoms with van der Waals surface area (Å²) < 4.78 is 12.6. The largest absolute Gasteiger partial charge is 0.456 e. The van der Waals surface area contributed by atoms with E-state index in [1.54, 1.807) is 36.4 Å². The number of ether oxygens (including phenoxy) is 2. The second-order valence-corrected chi connectivity index (χ2v) is 10.4. The summed E-state index contributed by atoms with van der Waals surface area (Å²) in [5.74, 6) is 1.67. The number of rotatable bonds is 4. The Morgan fingerprint density at radius 1 is 0.528 bits per heavy atom. The van der Waals surface area contributed by atoms with E-state index in [0.717, 1.165) is 11.1 Å². The zero-order valence-electron chi connectivity index (χ0n) is 21.2. The lowest BCUT2D eigenvalue weighted by atomic mass is 9.80. The van der Waals surface area contributed by atoms with Crippen LogP contribution in [-0.4, -0.2) is 0 Å². The standard InChI is InChI=1S/C30H26N4O2/c1-29(2,3)23-13-28(36-26-12-8-10-20(16-32)22(26)18-34)24(30(4,5)6)14-27(23)35-25-11-7-9-19(15-31)21(25)17-33/h7-14H,1-6H3. The van der Waals surface area contributed by atoms with Gasteiger partial charge in [-0.2, -0.15) is 21.0 Å². The second kappa shape index (κ2) is 9.84. The van der Waals surface area contributed by atoms with Crippen LogP contribution < -0.4 is 9.47 Å². The third-order valence-corrected chi connectivity index (χ3v) is 5.65. The van der Waals surface area contributed by atoms with Crippen molar-refractivity contribution in [2.45, 2.75) is 52.4 Å². The van der Waals surface area contributed by atoms with Crippen molar-refractivity contribution in [3.63, 3.8) is 0 Å². The highest BCUT2D eigenvalue weighted by atomic mass is 16.5. The molecule has 0 spiro atoms. The van der Waals surface area contributed by atoms with Gasteiger partial charge in [0.2, 0.25) is 0 Å². The van der Waals surface area contributed by atoms with Crippen molar-refractivity contribution in [1.82, 2.24) is 0 Å². The lowest BCUT2D eigenvalue weighted by Gasteiger charge is -2.29. The van der Waals surface area contributed by atoms with Gasteiger partial charge >= 0.3 is 0 Å². The van der Waals surface area contributed by atoms with E-state index < -0.39 is 0 Å². The molecule has 0 bridgehead atoms. The van der Waals surface area contributed by atoms with Crippen LogP contribution in [0.15, 0.2) is 48.5 Å². The van der Waals surface area contributed by atoms with Crippen molar-refractivity contribution in [3.8, 4) is 47.3 Å². The van der Waals surface area contributed by atoms with Gasteiger partial charge in [0.15, 0.2) is 0 Å². The van der Waals surface area contributed by atoms with Crippen LogP contribution in [0.4, 0.5) is 0 Å². The highest BCUT2D eigenvalue weighted by molar-refractivity contribution is 5.60. The van der Waals surface area contributed by atoms with E-state index in [9.17, 15) is 21.0 Å². The van der Waals surface area contributed by atoms with E-state index >= 15 is 0 Å². The minimum absolute atomic E-state index is 0.171. The van der Waals surface area contributed by atoms with E-state index in [-0.39, 0.29) is 33.1 Å². The van der Waals surface area contributed by atoms with Gasteiger partial charge < -0.3 is 9.47 Å². The molecule has 3 aromatic rings. The summed E-state index contributed by atoms with van der Waals surface area (Å²) in [6.07, 6.45) is 0. The van der Waals surface area contributed by atoms with Gasteiger partial charge in [0, 0.05) is 11.1 Å². The molecule has 0 amide bonds. The van der Waals surface area contributed by atoms with Gasteiger partial charge in [0.05, 0.1) is 11.1 Å². The highest BCUT2D eigenvalue weighted by Crippen LogP contribution is 2.45. The molecule has 0 radical (unpaired) electrons. The summed E-state index contributed by atoms with van der Waals surface area (Å²) in [6.45, 7) is 12.2. The van der Waals surface area contributed by atoms with Gasteiger partial charge in [-0.25, -0.2) is 0 Å². The summed E-state index contributed by atoms with van der Waals surface area (Å²) in [4.78, 5) is 0. The maximum absolute atomic E-state index is 9.67. The van der Waals surface area contributed by atoms with E-state index in [4.69, 9.17) is 9.47 Å². The van der Waals surface area contributed by atoms with Crippen LogP contribution in [0.1, 0.15) is 74.9 Å². The predicted molar refractivity (Wildman–Crippen MR) is 136 cm³/mol. The van der Waals surface area contributed by atoms with Crippen LogP contribution in [0.2, 0.25) is 0 Å². The summed E-state index contributed by atoms with van der Waals surface area (Å²) in [6, 6.07) is 21.9. The van der Waals surface area contributed by atoms with Crippen molar-refractivity contribution in [1.29, 1.82) is 21.0 Å². The van der Waals surface area contributed by atoms with Crippen LogP contribution in [0.5, 0.6) is 23.0 Å². The molecule has 6 heteroatoms. The molecule has 0 aromatic heterocycles. The van der Waals surface area contributed by atoms with Crippen molar-refractivity contribution in [2.75, 3.05) is 0 Å². The normalized spacial score (nSPS) is 10.9. The topological polar surface area (TPSA) is 114 Å². The maximum Gasteiger partial charge on any atom is 0.146 e. The van der Waals surface area contributed by atoms with E-state index in [1.807, 2.05) is 65.8 Å². The predicted octanol–water partition coefficient (Wildman–Crippen LogP) is 7.35. The van der Waals surface area contributed by atoms with E-state index in [2.05, 4.69) is 12.1 Å². The Hall–Kier alpha value is -4.78. The summed E-state index contributed by atoms with van der Waals surface area (Å²) in [7, 11) is 0. The van der Waals surface area contributed by atoms with Crippen LogP contribution in [0.25, 0.3) is 0 Å². The van der Waals surface area contributed by atoms with Gasteiger partial charge in [0.1, 0.15) is 58.4 Å². The molecular weight excluding hydrogens is 448 g/mol. The Kier molecular flexibility index (Phi) is 7.06. The molecule has 0 saturated heterocycles. The molecule has 0 atom stereocenters. The first-order valence-electron chi connectivity index (χ1n) is 11.4. The zero-order chi connectivity index (χ0) is 26.7. The molecule has 0 aliphatic heterocycles. The molecule has 178 valence electrons. The van der Waals surface area contributed by atoms with Crippen molar-refractivity contribution >= 4 is 0 Å². The minimum atomic E-state index is -0.379. The average molecular weight is 475 g/mol. The molecule has 3 aromatic carbocycles. The first-order valence-corrected chi connectivity index (χ1v) is 11.4. The van der Waals surface area contributed by atoms with Gasteiger partial charge in [0.25, 0.3) is 0 Å². The molecule has 0 fully saturated rings.